The van der Waals surface area contributed by atoms with Crippen LogP contribution in [0.4, 0.5) is 5.82 Å². The molecule has 0 aliphatic rings. The summed E-state index contributed by atoms with van der Waals surface area (Å²) in [4.78, 5) is 4.23. The van der Waals surface area contributed by atoms with Crippen molar-refractivity contribution in [1.82, 2.24) is 4.98 Å². The number of nitrogens with one attached hydrogen (secondary N) is 1. The number of aromatic nitrogens is 1. The summed E-state index contributed by atoms with van der Waals surface area (Å²) >= 11 is 0. The lowest BCUT2D eigenvalue weighted by Crippen LogP contribution is -2.34. The van der Waals surface area contributed by atoms with Crippen LogP contribution < -0.4 is 15.8 Å². The Balaban J connectivity index is 2.78. The lowest BCUT2D eigenvalue weighted by molar-refractivity contribution is 0.413. The van der Waals surface area contributed by atoms with Crippen LogP contribution >= 0.6 is 0 Å². The first-order chi connectivity index (χ1) is 7.19. The van der Waals surface area contributed by atoms with Crippen LogP contribution in [0, 0.1) is 5.92 Å². The zero-order valence-corrected chi connectivity index (χ0v) is 9.53. The summed E-state index contributed by atoms with van der Waals surface area (Å²) in [5, 5.41) is 3.29. The summed E-state index contributed by atoms with van der Waals surface area (Å²) in [6, 6.07) is 3.94. The topological polar surface area (TPSA) is 60.2 Å². The average molecular weight is 209 g/mol. The van der Waals surface area contributed by atoms with Crippen molar-refractivity contribution in [2.24, 2.45) is 11.7 Å². The molecule has 1 atom stereocenters. The van der Waals surface area contributed by atoms with Crippen molar-refractivity contribution in [3.63, 3.8) is 0 Å². The maximum atomic E-state index is 5.68. The first-order valence-electron chi connectivity index (χ1n) is 5.14. The van der Waals surface area contributed by atoms with Gasteiger partial charge in [0, 0.05) is 18.8 Å². The van der Waals surface area contributed by atoms with Crippen molar-refractivity contribution in [3.05, 3.63) is 18.3 Å². The van der Waals surface area contributed by atoms with Gasteiger partial charge in [0.15, 0.2) is 11.6 Å². The molecule has 15 heavy (non-hydrogen) atoms. The van der Waals surface area contributed by atoms with Gasteiger partial charge in [-0.1, -0.05) is 13.8 Å². The van der Waals surface area contributed by atoms with Crippen molar-refractivity contribution in [2.75, 3.05) is 19.0 Å². The Morgan fingerprint density at radius 2 is 2.27 bits per heavy atom. The van der Waals surface area contributed by atoms with Gasteiger partial charge in [-0.05, 0) is 18.1 Å². The summed E-state index contributed by atoms with van der Waals surface area (Å²) in [5.74, 6) is 1.96. The van der Waals surface area contributed by atoms with E-state index in [9.17, 15) is 0 Å². The zero-order chi connectivity index (χ0) is 11.3. The SMILES string of the molecule is COc1cccnc1NC(CN)C(C)C. The Kier molecular flexibility index (Phi) is 4.37. The molecule has 0 bridgehead atoms. The molecule has 84 valence electrons. The highest BCUT2D eigenvalue weighted by atomic mass is 16.5. The molecular weight excluding hydrogens is 190 g/mol. The van der Waals surface area contributed by atoms with Crippen molar-refractivity contribution < 1.29 is 4.74 Å². The largest absolute Gasteiger partial charge is 0.493 e. The lowest BCUT2D eigenvalue weighted by Gasteiger charge is -2.22. The molecule has 0 aliphatic carbocycles. The number of pyridine rings is 1. The molecule has 0 radical (unpaired) electrons. The first-order valence-corrected chi connectivity index (χ1v) is 5.14. The molecule has 1 aromatic heterocycles. The van der Waals surface area contributed by atoms with Crippen LogP contribution in [0.15, 0.2) is 18.3 Å². The van der Waals surface area contributed by atoms with Gasteiger partial charge in [-0.15, -0.1) is 0 Å². The standard InChI is InChI=1S/C11H19N3O/c1-8(2)9(7-12)14-11-10(15-3)5-4-6-13-11/h4-6,8-9H,7,12H2,1-3H3,(H,13,14). The van der Waals surface area contributed by atoms with Crippen molar-refractivity contribution in [1.29, 1.82) is 0 Å². The van der Waals surface area contributed by atoms with Gasteiger partial charge in [0.25, 0.3) is 0 Å². The Labute approximate surface area is 90.8 Å². The number of rotatable bonds is 5. The van der Waals surface area contributed by atoms with E-state index in [1.54, 1.807) is 13.3 Å². The molecule has 0 saturated carbocycles. The summed E-state index contributed by atoms with van der Waals surface area (Å²) in [6.07, 6.45) is 1.73. The van der Waals surface area contributed by atoms with Gasteiger partial charge in [-0.3, -0.25) is 0 Å². The minimum Gasteiger partial charge on any atom is -0.493 e. The molecule has 0 spiro atoms. The van der Waals surface area contributed by atoms with Gasteiger partial charge in [-0.25, -0.2) is 4.98 Å². The molecule has 0 aromatic carbocycles. The van der Waals surface area contributed by atoms with Gasteiger partial charge >= 0.3 is 0 Å². The molecule has 0 amide bonds. The fraction of sp³-hybridized carbons (Fsp3) is 0.545. The quantitative estimate of drug-likeness (QED) is 0.771. The van der Waals surface area contributed by atoms with Crippen LogP contribution in [-0.2, 0) is 0 Å². The van der Waals surface area contributed by atoms with Crippen LogP contribution in [0.1, 0.15) is 13.8 Å². The maximum Gasteiger partial charge on any atom is 0.169 e. The van der Waals surface area contributed by atoms with E-state index in [2.05, 4.69) is 24.1 Å². The smallest absolute Gasteiger partial charge is 0.169 e. The number of methoxy groups -OCH3 is 1. The number of nitrogens with two attached hydrogens (primary N) is 1. The van der Waals surface area contributed by atoms with Gasteiger partial charge in [0.1, 0.15) is 0 Å². The Hall–Kier alpha value is -1.29. The normalized spacial score (nSPS) is 12.6. The molecule has 3 N–H and O–H groups in total. The molecule has 4 heteroatoms. The summed E-state index contributed by atoms with van der Waals surface area (Å²) < 4.78 is 5.20. The van der Waals surface area contributed by atoms with E-state index < -0.39 is 0 Å². The Bertz CT molecular complexity index is 302. The number of nitrogens with zero attached hydrogens (tertiary/aromatic N) is 1. The van der Waals surface area contributed by atoms with E-state index in [-0.39, 0.29) is 6.04 Å². The highest BCUT2D eigenvalue weighted by Gasteiger charge is 2.13. The summed E-state index contributed by atoms with van der Waals surface area (Å²) in [5.41, 5.74) is 5.68. The molecule has 4 nitrogen and oxygen atoms in total. The first kappa shape index (κ1) is 11.8. The van der Waals surface area contributed by atoms with Crippen molar-refractivity contribution in [2.45, 2.75) is 19.9 Å². The third-order valence-corrected chi connectivity index (χ3v) is 2.37. The fourth-order valence-corrected chi connectivity index (χ4v) is 1.34. The van der Waals surface area contributed by atoms with Crippen molar-refractivity contribution >= 4 is 5.82 Å². The number of anilines is 1. The molecular formula is C11H19N3O. The molecule has 1 heterocycles. The van der Waals surface area contributed by atoms with E-state index in [1.807, 2.05) is 12.1 Å². The average Bonchev–Trinajstić information content (AvgIpc) is 2.25. The minimum absolute atomic E-state index is 0.216. The second-order valence-electron chi connectivity index (χ2n) is 3.78. The molecule has 1 unspecified atom stereocenters. The van der Waals surface area contributed by atoms with Gasteiger partial charge in [0.05, 0.1) is 7.11 Å². The third-order valence-electron chi connectivity index (χ3n) is 2.37. The van der Waals surface area contributed by atoms with E-state index in [0.29, 0.717) is 12.5 Å². The van der Waals surface area contributed by atoms with E-state index in [0.717, 1.165) is 11.6 Å². The van der Waals surface area contributed by atoms with Crippen LogP contribution in [-0.4, -0.2) is 24.7 Å². The number of hydrogen-bond donors (Lipinski definition) is 2. The molecule has 0 aliphatic heterocycles. The molecule has 0 saturated heterocycles. The van der Waals surface area contributed by atoms with E-state index in [1.165, 1.54) is 0 Å². The highest BCUT2D eigenvalue weighted by molar-refractivity contribution is 5.50. The minimum atomic E-state index is 0.216. The van der Waals surface area contributed by atoms with Crippen LogP contribution in [0.3, 0.4) is 0 Å². The Morgan fingerprint density at radius 1 is 1.53 bits per heavy atom. The molecule has 1 rings (SSSR count). The third kappa shape index (κ3) is 3.09. The van der Waals surface area contributed by atoms with Crippen LogP contribution in [0.2, 0.25) is 0 Å². The van der Waals surface area contributed by atoms with Gasteiger partial charge < -0.3 is 15.8 Å². The predicted molar refractivity (Wildman–Crippen MR) is 62.1 cm³/mol. The second-order valence-corrected chi connectivity index (χ2v) is 3.78. The van der Waals surface area contributed by atoms with E-state index in [4.69, 9.17) is 10.5 Å². The zero-order valence-electron chi connectivity index (χ0n) is 9.53. The highest BCUT2D eigenvalue weighted by Crippen LogP contribution is 2.21. The Morgan fingerprint density at radius 3 is 2.80 bits per heavy atom. The molecule has 0 fully saturated rings. The molecule has 1 aromatic rings. The number of hydrogen-bond acceptors (Lipinski definition) is 4. The van der Waals surface area contributed by atoms with Gasteiger partial charge in [0.2, 0.25) is 0 Å². The predicted octanol–water partition coefficient (Wildman–Crippen LogP) is 1.49. The van der Waals surface area contributed by atoms with Gasteiger partial charge in [-0.2, -0.15) is 0 Å². The lowest BCUT2D eigenvalue weighted by atomic mass is 10.0. The summed E-state index contributed by atoms with van der Waals surface area (Å²) in [6.45, 7) is 4.83. The number of ether oxygens (including phenoxy) is 1. The monoisotopic (exact) mass is 209 g/mol. The second kappa shape index (κ2) is 5.56. The summed E-state index contributed by atoms with van der Waals surface area (Å²) in [7, 11) is 1.63. The van der Waals surface area contributed by atoms with Crippen LogP contribution in [0.25, 0.3) is 0 Å². The van der Waals surface area contributed by atoms with E-state index >= 15 is 0 Å². The van der Waals surface area contributed by atoms with Crippen molar-refractivity contribution in [3.8, 4) is 5.75 Å². The fourth-order valence-electron chi connectivity index (χ4n) is 1.34. The van der Waals surface area contributed by atoms with Crippen LogP contribution in [0.5, 0.6) is 5.75 Å². The maximum absolute atomic E-state index is 5.68.